The van der Waals surface area contributed by atoms with Gasteiger partial charge in [0.2, 0.25) is 5.91 Å². The number of para-hydroxylation sites is 1. The average Bonchev–Trinajstić information content (AvgIpc) is 3.40. The molecule has 4 aromatic rings. The Morgan fingerprint density at radius 2 is 1.90 bits per heavy atom. The lowest BCUT2D eigenvalue weighted by Gasteiger charge is -2.10. The highest BCUT2D eigenvalue weighted by Crippen LogP contribution is 2.25. The van der Waals surface area contributed by atoms with Crippen molar-refractivity contribution in [1.82, 2.24) is 14.8 Å². The van der Waals surface area contributed by atoms with E-state index in [-0.39, 0.29) is 18.1 Å². The minimum absolute atomic E-state index is 0.125. The van der Waals surface area contributed by atoms with E-state index in [9.17, 15) is 9.18 Å². The van der Waals surface area contributed by atoms with Crippen molar-refractivity contribution in [1.29, 1.82) is 0 Å². The molecule has 0 atom stereocenters. The zero-order chi connectivity index (χ0) is 20.1. The van der Waals surface area contributed by atoms with Gasteiger partial charge >= 0.3 is 0 Å². The molecule has 1 N–H and O–H groups in total. The van der Waals surface area contributed by atoms with Crippen LogP contribution in [0.1, 0.15) is 17.7 Å². The predicted molar refractivity (Wildman–Crippen MR) is 107 cm³/mol. The number of carbonyl (C=O) groups excluding carboxylic acids is 1. The van der Waals surface area contributed by atoms with Gasteiger partial charge in [-0.25, -0.2) is 14.1 Å². The first-order valence-electron chi connectivity index (χ1n) is 9.23. The van der Waals surface area contributed by atoms with Crippen molar-refractivity contribution >= 4 is 11.6 Å². The number of nitrogens with zero attached hydrogens (tertiary/aromatic N) is 3. The number of furan rings is 1. The number of halogens is 1. The van der Waals surface area contributed by atoms with E-state index >= 15 is 0 Å². The molecule has 0 fully saturated rings. The van der Waals surface area contributed by atoms with Crippen molar-refractivity contribution in [3.63, 3.8) is 0 Å². The van der Waals surface area contributed by atoms with Crippen LogP contribution in [0, 0.1) is 5.82 Å². The van der Waals surface area contributed by atoms with Crippen LogP contribution in [0.5, 0.6) is 0 Å². The lowest BCUT2D eigenvalue weighted by Crippen LogP contribution is -2.14. The summed E-state index contributed by atoms with van der Waals surface area (Å²) in [6, 6.07) is 17.5. The smallest absolute Gasteiger partial charge is 0.224 e. The molecule has 7 heteroatoms. The van der Waals surface area contributed by atoms with E-state index in [1.54, 1.807) is 41.3 Å². The molecule has 29 heavy (non-hydrogen) atoms. The van der Waals surface area contributed by atoms with Crippen molar-refractivity contribution in [3.05, 3.63) is 90.5 Å². The quantitative estimate of drug-likeness (QED) is 0.511. The predicted octanol–water partition coefficient (Wildman–Crippen LogP) is 4.30. The second kappa shape index (κ2) is 8.52. The molecule has 0 spiro atoms. The Balaban J connectivity index is 1.37. The molecule has 146 valence electrons. The van der Waals surface area contributed by atoms with Gasteiger partial charge in [-0.1, -0.05) is 30.3 Å². The molecule has 0 radical (unpaired) electrons. The number of nitrogens with one attached hydrogen (secondary N) is 1. The van der Waals surface area contributed by atoms with E-state index in [0.717, 1.165) is 11.3 Å². The molecule has 2 heterocycles. The van der Waals surface area contributed by atoms with Gasteiger partial charge in [0.05, 0.1) is 12.1 Å². The minimum Gasteiger partial charge on any atom is -0.461 e. The molecule has 0 aliphatic carbocycles. The Hall–Kier alpha value is -3.74. The normalized spacial score (nSPS) is 10.8. The highest BCUT2D eigenvalue weighted by molar-refractivity contribution is 5.91. The third kappa shape index (κ3) is 4.57. The number of aryl methyl sites for hydroxylation is 1. The van der Waals surface area contributed by atoms with Gasteiger partial charge in [-0.3, -0.25) is 4.79 Å². The molecule has 6 nitrogen and oxygen atoms in total. The lowest BCUT2D eigenvalue weighted by molar-refractivity contribution is -0.116. The van der Waals surface area contributed by atoms with Crippen LogP contribution in [0.25, 0.3) is 11.3 Å². The molecule has 1 amide bonds. The number of amides is 1. The summed E-state index contributed by atoms with van der Waals surface area (Å²) in [5.41, 5.74) is 2.08. The maximum atomic E-state index is 13.9. The Morgan fingerprint density at radius 3 is 2.72 bits per heavy atom. The monoisotopic (exact) mass is 390 g/mol. The summed E-state index contributed by atoms with van der Waals surface area (Å²) in [5, 5.41) is 7.03. The molecule has 0 bridgehead atoms. The average molecular weight is 390 g/mol. The summed E-state index contributed by atoms with van der Waals surface area (Å²) >= 11 is 0. The van der Waals surface area contributed by atoms with E-state index in [1.807, 2.05) is 24.3 Å². The van der Waals surface area contributed by atoms with E-state index in [0.29, 0.717) is 30.0 Å². The van der Waals surface area contributed by atoms with Crippen molar-refractivity contribution in [2.24, 2.45) is 0 Å². The Kier molecular flexibility index (Phi) is 5.47. The third-order valence-corrected chi connectivity index (χ3v) is 4.49. The maximum Gasteiger partial charge on any atom is 0.224 e. The van der Waals surface area contributed by atoms with Crippen LogP contribution in [0.3, 0.4) is 0 Å². The number of aromatic nitrogens is 3. The van der Waals surface area contributed by atoms with Crippen molar-refractivity contribution in [3.8, 4) is 11.3 Å². The number of benzene rings is 2. The number of anilines is 1. The molecule has 2 aromatic carbocycles. The topological polar surface area (TPSA) is 73.0 Å². The fourth-order valence-electron chi connectivity index (χ4n) is 3.04. The van der Waals surface area contributed by atoms with Gasteiger partial charge < -0.3 is 9.73 Å². The summed E-state index contributed by atoms with van der Waals surface area (Å²) < 4.78 is 21.3. The SMILES string of the molecule is O=C(CCc1ccc(-c2ccccc2F)o1)Nc1ccccc1Cn1cncn1. The van der Waals surface area contributed by atoms with E-state index in [1.165, 1.54) is 12.4 Å². The molecular weight excluding hydrogens is 371 g/mol. The second-order valence-electron chi connectivity index (χ2n) is 6.54. The third-order valence-electron chi connectivity index (χ3n) is 4.49. The van der Waals surface area contributed by atoms with Gasteiger partial charge in [0.15, 0.2) is 0 Å². The van der Waals surface area contributed by atoms with Gasteiger partial charge in [-0.05, 0) is 35.9 Å². The number of hydrogen-bond donors (Lipinski definition) is 1. The minimum atomic E-state index is -0.338. The lowest BCUT2D eigenvalue weighted by atomic mass is 10.1. The Bertz CT molecular complexity index is 1110. The zero-order valence-electron chi connectivity index (χ0n) is 15.6. The maximum absolute atomic E-state index is 13.9. The largest absolute Gasteiger partial charge is 0.461 e. The van der Waals surface area contributed by atoms with Crippen LogP contribution in [0.4, 0.5) is 10.1 Å². The van der Waals surface area contributed by atoms with Gasteiger partial charge in [0.25, 0.3) is 0 Å². The Morgan fingerprint density at radius 1 is 1.07 bits per heavy atom. The summed E-state index contributed by atoms with van der Waals surface area (Å²) in [5.74, 6) is 0.626. The Labute approximate surface area is 167 Å². The number of rotatable bonds is 7. The highest BCUT2D eigenvalue weighted by Gasteiger charge is 2.12. The van der Waals surface area contributed by atoms with Crippen LogP contribution in [0.2, 0.25) is 0 Å². The molecule has 0 aliphatic rings. The van der Waals surface area contributed by atoms with Gasteiger partial charge in [0, 0.05) is 18.5 Å². The van der Waals surface area contributed by atoms with Gasteiger partial charge in [-0.15, -0.1) is 0 Å². The first-order valence-corrected chi connectivity index (χ1v) is 9.23. The zero-order valence-corrected chi connectivity index (χ0v) is 15.6. The van der Waals surface area contributed by atoms with Crippen LogP contribution < -0.4 is 5.32 Å². The van der Waals surface area contributed by atoms with Crippen molar-refractivity contribution in [2.45, 2.75) is 19.4 Å². The molecule has 4 rings (SSSR count). The van der Waals surface area contributed by atoms with Crippen LogP contribution >= 0.6 is 0 Å². The van der Waals surface area contributed by atoms with E-state index in [2.05, 4.69) is 15.4 Å². The summed E-state index contributed by atoms with van der Waals surface area (Å²) in [6.45, 7) is 0.515. The van der Waals surface area contributed by atoms with E-state index in [4.69, 9.17) is 4.42 Å². The van der Waals surface area contributed by atoms with Gasteiger partial charge in [-0.2, -0.15) is 5.10 Å². The van der Waals surface area contributed by atoms with Crippen LogP contribution in [-0.4, -0.2) is 20.7 Å². The fraction of sp³-hybridized carbons (Fsp3) is 0.136. The molecule has 0 unspecified atom stereocenters. The molecular formula is C22H19FN4O2. The van der Waals surface area contributed by atoms with E-state index < -0.39 is 0 Å². The molecule has 0 saturated heterocycles. The molecule has 0 aliphatic heterocycles. The number of hydrogen-bond acceptors (Lipinski definition) is 4. The van der Waals surface area contributed by atoms with Gasteiger partial charge in [0.1, 0.15) is 30.0 Å². The first kappa shape index (κ1) is 18.6. The van der Waals surface area contributed by atoms with Crippen LogP contribution in [-0.2, 0) is 17.8 Å². The van der Waals surface area contributed by atoms with Crippen molar-refractivity contribution < 1.29 is 13.6 Å². The molecule has 0 saturated carbocycles. The second-order valence-corrected chi connectivity index (χ2v) is 6.54. The standard InChI is InChI=1S/C22H19FN4O2/c23-19-7-3-2-6-18(19)21-11-9-17(29-21)10-12-22(28)26-20-8-4-1-5-16(20)13-27-15-24-14-25-27/h1-9,11,14-15H,10,12-13H2,(H,26,28). The van der Waals surface area contributed by atoms with Crippen molar-refractivity contribution in [2.75, 3.05) is 5.32 Å². The summed E-state index contributed by atoms with van der Waals surface area (Å²) in [4.78, 5) is 16.4. The summed E-state index contributed by atoms with van der Waals surface area (Å²) in [6.07, 6.45) is 3.77. The molecule has 2 aromatic heterocycles. The summed E-state index contributed by atoms with van der Waals surface area (Å²) in [7, 11) is 0. The van der Waals surface area contributed by atoms with Crippen LogP contribution in [0.15, 0.2) is 77.7 Å². The number of carbonyl (C=O) groups is 1. The highest BCUT2D eigenvalue weighted by atomic mass is 19.1. The fourth-order valence-corrected chi connectivity index (χ4v) is 3.04. The first-order chi connectivity index (χ1) is 14.2.